The van der Waals surface area contributed by atoms with Gasteiger partial charge in [-0.15, -0.1) is 0 Å². The van der Waals surface area contributed by atoms with Crippen LogP contribution in [0.1, 0.15) is 50.5 Å². The summed E-state index contributed by atoms with van der Waals surface area (Å²) in [5.74, 6) is 1.22. The number of nitrogens with one attached hydrogen (secondary N) is 1. The molecule has 1 rings (SSSR count). The van der Waals surface area contributed by atoms with E-state index in [-0.39, 0.29) is 6.42 Å². The van der Waals surface area contributed by atoms with E-state index in [1.54, 1.807) is 0 Å². The molecular weight excluding hydrogens is 230 g/mol. The van der Waals surface area contributed by atoms with Gasteiger partial charge in [0.05, 0.1) is 0 Å². The van der Waals surface area contributed by atoms with E-state index in [1.165, 1.54) is 0 Å². The summed E-state index contributed by atoms with van der Waals surface area (Å²) in [7, 11) is 0. The Morgan fingerprint density at radius 3 is 2.72 bits per heavy atom. The number of unbranched alkanes of at least 4 members (excludes halogenated alkanes) is 1. The molecule has 0 radical (unpaired) electrons. The Bertz CT molecular complexity index is 405. The van der Waals surface area contributed by atoms with Gasteiger partial charge in [0.2, 0.25) is 0 Å². The molecule has 0 aliphatic rings. The molecule has 0 unspecified atom stereocenters. The van der Waals surface area contributed by atoms with Crippen LogP contribution in [0.25, 0.3) is 0 Å². The second kappa shape index (κ2) is 6.93. The molecule has 5 heteroatoms. The largest absolute Gasteiger partial charge is 0.481 e. The standard InChI is InChI=1S/C13H21N3O2/c1-9(2)13-15-10(3)8-11(16-13)14-7-5-4-6-12(17)18/h8-9H,4-7H2,1-3H3,(H,17,18)(H,14,15,16). The lowest BCUT2D eigenvalue weighted by atomic mass is 10.2. The number of rotatable bonds is 7. The molecule has 1 aromatic heterocycles. The van der Waals surface area contributed by atoms with E-state index >= 15 is 0 Å². The van der Waals surface area contributed by atoms with E-state index in [4.69, 9.17) is 5.11 Å². The molecule has 0 spiro atoms. The first kappa shape index (κ1) is 14.4. The maximum atomic E-state index is 10.4. The highest BCUT2D eigenvalue weighted by molar-refractivity contribution is 5.66. The molecule has 0 amide bonds. The van der Waals surface area contributed by atoms with Crippen LogP contribution in [0.5, 0.6) is 0 Å². The molecule has 0 aromatic carbocycles. The summed E-state index contributed by atoms with van der Waals surface area (Å²) in [6.07, 6.45) is 1.73. The Labute approximate surface area is 108 Å². The number of carboxylic acids is 1. The lowest BCUT2D eigenvalue weighted by Crippen LogP contribution is -2.08. The number of aryl methyl sites for hydroxylation is 1. The third-order valence-corrected chi connectivity index (χ3v) is 2.51. The van der Waals surface area contributed by atoms with Gasteiger partial charge in [0.15, 0.2) is 0 Å². The van der Waals surface area contributed by atoms with Crippen LogP contribution >= 0.6 is 0 Å². The van der Waals surface area contributed by atoms with Crippen molar-refractivity contribution in [3.63, 3.8) is 0 Å². The normalized spacial score (nSPS) is 10.7. The van der Waals surface area contributed by atoms with Gasteiger partial charge in [0, 0.05) is 30.6 Å². The van der Waals surface area contributed by atoms with Gasteiger partial charge < -0.3 is 10.4 Å². The third-order valence-electron chi connectivity index (χ3n) is 2.51. The first-order valence-corrected chi connectivity index (χ1v) is 6.30. The van der Waals surface area contributed by atoms with Crippen molar-refractivity contribution in [2.24, 2.45) is 0 Å². The Hall–Kier alpha value is -1.65. The summed E-state index contributed by atoms with van der Waals surface area (Å²) >= 11 is 0. The number of nitrogens with zero attached hydrogens (tertiary/aromatic N) is 2. The number of hydrogen-bond acceptors (Lipinski definition) is 4. The maximum Gasteiger partial charge on any atom is 0.303 e. The zero-order valence-electron chi connectivity index (χ0n) is 11.2. The fourth-order valence-corrected chi connectivity index (χ4v) is 1.56. The Balaban J connectivity index is 2.44. The van der Waals surface area contributed by atoms with E-state index < -0.39 is 5.97 Å². The average Bonchev–Trinajstić information content (AvgIpc) is 2.27. The van der Waals surface area contributed by atoms with E-state index in [2.05, 4.69) is 29.1 Å². The van der Waals surface area contributed by atoms with Gasteiger partial charge in [-0.05, 0) is 19.8 Å². The van der Waals surface area contributed by atoms with Gasteiger partial charge in [-0.25, -0.2) is 9.97 Å². The average molecular weight is 251 g/mol. The van der Waals surface area contributed by atoms with Crippen molar-refractivity contribution in [2.75, 3.05) is 11.9 Å². The molecule has 18 heavy (non-hydrogen) atoms. The van der Waals surface area contributed by atoms with Crippen molar-refractivity contribution >= 4 is 11.8 Å². The molecular formula is C13H21N3O2. The van der Waals surface area contributed by atoms with E-state index in [0.717, 1.165) is 30.3 Å². The number of hydrogen-bond donors (Lipinski definition) is 2. The van der Waals surface area contributed by atoms with Crippen LogP contribution in [0, 0.1) is 6.92 Å². The molecule has 0 aliphatic carbocycles. The number of carbonyl (C=O) groups is 1. The van der Waals surface area contributed by atoms with Gasteiger partial charge in [-0.2, -0.15) is 0 Å². The van der Waals surface area contributed by atoms with Crippen molar-refractivity contribution < 1.29 is 9.90 Å². The van der Waals surface area contributed by atoms with Gasteiger partial charge in [-0.3, -0.25) is 4.79 Å². The van der Waals surface area contributed by atoms with Gasteiger partial charge in [0.25, 0.3) is 0 Å². The summed E-state index contributed by atoms with van der Waals surface area (Å²) in [5, 5.41) is 11.7. The molecule has 2 N–H and O–H groups in total. The molecule has 0 saturated carbocycles. The van der Waals surface area contributed by atoms with Gasteiger partial charge in [0.1, 0.15) is 11.6 Å². The van der Waals surface area contributed by atoms with Gasteiger partial charge >= 0.3 is 5.97 Å². The van der Waals surface area contributed by atoms with E-state index in [9.17, 15) is 4.79 Å². The highest BCUT2D eigenvalue weighted by Crippen LogP contribution is 2.13. The Morgan fingerprint density at radius 1 is 1.39 bits per heavy atom. The third kappa shape index (κ3) is 5.12. The summed E-state index contributed by atoms with van der Waals surface area (Å²) in [4.78, 5) is 19.2. The summed E-state index contributed by atoms with van der Waals surface area (Å²) < 4.78 is 0. The topological polar surface area (TPSA) is 75.1 Å². The summed E-state index contributed by atoms with van der Waals surface area (Å²) in [5.41, 5.74) is 0.946. The number of carboxylic acid groups (broad SMARTS) is 1. The zero-order chi connectivity index (χ0) is 13.5. The van der Waals surface area contributed by atoms with Crippen molar-refractivity contribution in [2.45, 2.75) is 46.0 Å². The molecule has 1 heterocycles. The van der Waals surface area contributed by atoms with Crippen LogP contribution in [0.4, 0.5) is 5.82 Å². The Morgan fingerprint density at radius 2 is 2.11 bits per heavy atom. The zero-order valence-corrected chi connectivity index (χ0v) is 11.2. The minimum absolute atomic E-state index is 0.224. The second-order valence-electron chi connectivity index (χ2n) is 4.69. The predicted octanol–water partition coefficient (Wildman–Crippen LogP) is 2.58. The lowest BCUT2D eigenvalue weighted by molar-refractivity contribution is -0.137. The van der Waals surface area contributed by atoms with Crippen LogP contribution in [0.3, 0.4) is 0 Å². The Kier molecular flexibility index (Phi) is 5.55. The monoisotopic (exact) mass is 251 g/mol. The molecule has 0 saturated heterocycles. The lowest BCUT2D eigenvalue weighted by Gasteiger charge is -2.10. The molecule has 5 nitrogen and oxygen atoms in total. The number of aliphatic carboxylic acids is 1. The van der Waals surface area contributed by atoms with Crippen molar-refractivity contribution in [1.29, 1.82) is 0 Å². The first-order chi connectivity index (χ1) is 8.49. The molecule has 100 valence electrons. The summed E-state index contributed by atoms with van der Waals surface area (Å²) in [6.45, 7) is 6.81. The minimum Gasteiger partial charge on any atom is -0.481 e. The van der Waals surface area contributed by atoms with E-state index in [0.29, 0.717) is 12.3 Å². The fraction of sp³-hybridized carbons (Fsp3) is 0.615. The first-order valence-electron chi connectivity index (χ1n) is 6.30. The van der Waals surface area contributed by atoms with Crippen LogP contribution < -0.4 is 5.32 Å². The van der Waals surface area contributed by atoms with Crippen molar-refractivity contribution in [1.82, 2.24) is 9.97 Å². The summed E-state index contributed by atoms with van der Waals surface area (Å²) in [6, 6.07) is 1.91. The quantitative estimate of drug-likeness (QED) is 0.728. The molecule has 0 atom stereocenters. The van der Waals surface area contributed by atoms with Crippen LogP contribution in [-0.4, -0.2) is 27.6 Å². The number of aromatic nitrogens is 2. The molecule has 0 bridgehead atoms. The van der Waals surface area contributed by atoms with Crippen molar-refractivity contribution in [3.05, 3.63) is 17.6 Å². The smallest absolute Gasteiger partial charge is 0.303 e. The predicted molar refractivity (Wildman–Crippen MR) is 70.8 cm³/mol. The highest BCUT2D eigenvalue weighted by Gasteiger charge is 2.05. The van der Waals surface area contributed by atoms with Crippen LogP contribution in [0.15, 0.2) is 6.07 Å². The number of anilines is 1. The highest BCUT2D eigenvalue weighted by atomic mass is 16.4. The SMILES string of the molecule is Cc1cc(NCCCCC(=O)O)nc(C(C)C)n1. The van der Waals surface area contributed by atoms with Gasteiger partial charge in [-0.1, -0.05) is 13.8 Å². The molecule has 1 aromatic rings. The van der Waals surface area contributed by atoms with Crippen molar-refractivity contribution in [3.8, 4) is 0 Å². The maximum absolute atomic E-state index is 10.4. The molecule has 0 aliphatic heterocycles. The minimum atomic E-state index is -0.741. The fourth-order valence-electron chi connectivity index (χ4n) is 1.56. The van der Waals surface area contributed by atoms with Crippen LogP contribution in [-0.2, 0) is 4.79 Å². The second-order valence-corrected chi connectivity index (χ2v) is 4.69. The van der Waals surface area contributed by atoms with E-state index in [1.807, 2.05) is 13.0 Å². The molecule has 0 fully saturated rings. The van der Waals surface area contributed by atoms with Crippen LogP contribution in [0.2, 0.25) is 0 Å².